The van der Waals surface area contributed by atoms with Crippen molar-refractivity contribution in [2.24, 2.45) is 0 Å². The number of fused-ring (bicyclic) bond motifs is 11. The Morgan fingerprint density at radius 1 is 0.290 bits per heavy atom. The summed E-state index contributed by atoms with van der Waals surface area (Å²) in [7, 11) is 0. The number of nitrogens with zero attached hydrogens (tertiary/aromatic N) is 4. The van der Waals surface area contributed by atoms with Crippen LogP contribution in [0.15, 0.2) is 206 Å². The Kier molecular flexibility index (Phi) is 7.29. The number of para-hydroxylation sites is 5. The second kappa shape index (κ2) is 13.1. The fourth-order valence-electron chi connectivity index (χ4n) is 10.8. The minimum Gasteiger partial charge on any atom is -0.311 e. The van der Waals surface area contributed by atoms with Gasteiger partial charge >= 0.3 is 0 Å². The van der Waals surface area contributed by atoms with Gasteiger partial charge in [-0.15, -0.1) is 11.3 Å². The maximum Gasteiger partial charge on any atom is 0.277 e. The number of anilines is 12. The predicted octanol–water partition coefficient (Wildman–Crippen LogP) is 11.1. The molecule has 0 fully saturated rings. The molecule has 10 aromatic rings. The molecule has 8 aromatic carbocycles. The van der Waals surface area contributed by atoms with Crippen molar-refractivity contribution in [3.8, 4) is 0 Å². The minimum absolute atomic E-state index is 0.0226. The second-order valence-corrected chi connectivity index (χ2v) is 18.5. The van der Waals surface area contributed by atoms with E-state index < -0.39 is 0 Å². The molecule has 0 unspecified atom stereocenters. The Morgan fingerprint density at radius 2 is 0.677 bits per heavy atom. The van der Waals surface area contributed by atoms with E-state index in [0.717, 1.165) is 17.1 Å². The van der Waals surface area contributed by atoms with Crippen molar-refractivity contribution in [1.82, 2.24) is 0 Å². The van der Waals surface area contributed by atoms with E-state index in [-0.39, 0.29) is 13.4 Å². The van der Waals surface area contributed by atoms with Crippen molar-refractivity contribution in [3.63, 3.8) is 0 Å². The van der Waals surface area contributed by atoms with Gasteiger partial charge in [0.2, 0.25) is 0 Å². The van der Waals surface area contributed by atoms with Gasteiger partial charge in [0.1, 0.15) is 0 Å². The van der Waals surface area contributed by atoms with Crippen LogP contribution in [0.3, 0.4) is 0 Å². The van der Waals surface area contributed by atoms with Crippen LogP contribution in [0.25, 0.3) is 10.1 Å². The van der Waals surface area contributed by atoms with Gasteiger partial charge < -0.3 is 19.6 Å². The molecule has 0 bridgehead atoms. The minimum atomic E-state index is 0.0226. The van der Waals surface area contributed by atoms with Gasteiger partial charge in [-0.25, -0.2) is 0 Å². The summed E-state index contributed by atoms with van der Waals surface area (Å²) < 4.78 is 5.47. The fourth-order valence-corrected chi connectivity index (χ4v) is 13.7. The molecule has 6 heterocycles. The summed E-state index contributed by atoms with van der Waals surface area (Å²) >= 11 is 3.99. The average Bonchev–Trinajstić information content (AvgIpc) is 3.92. The first kappa shape index (κ1) is 34.5. The van der Waals surface area contributed by atoms with E-state index in [1.807, 2.05) is 22.7 Å². The van der Waals surface area contributed by atoms with E-state index in [1.165, 1.54) is 92.0 Å². The predicted molar refractivity (Wildman–Crippen MR) is 268 cm³/mol. The second-order valence-electron chi connectivity index (χ2n) is 16.4. The molecule has 4 aliphatic heterocycles. The van der Waals surface area contributed by atoms with Crippen molar-refractivity contribution in [3.05, 3.63) is 206 Å². The van der Waals surface area contributed by atoms with Crippen LogP contribution in [-0.2, 0) is 0 Å². The molecule has 0 N–H and O–H groups in total. The standard InChI is InChI=1S/C54H34B2N4S2/c1-5-19-35(20-6-1)57-41-29-15-14-28-40(41)55-47-42(57)30-17-31-43(47)59(37-23-9-3-10-24-37)50-51-54(62-53(50)55)56-48-44(32-18-33-45(48)60(51)38-25-11-4-12-26-38)58(36-21-7-2-8-22-36)49-39-27-13-16-34-46(39)61-52(49)56/h1-34H. The zero-order valence-corrected chi connectivity index (χ0v) is 35.0. The summed E-state index contributed by atoms with van der Waals surface area (Å²) in [6, 6.07) is 76.0. The first-order valence-corrected chi connectivity index (χ1v) is 22.9. The lowest BCUT2D eigenvalue weighted by molar-refractivity contribution is 1.23. The van der Waals surface area contributed by atoms with Gasteiger partial charge in [-0.2, -0.15) is 11.3 Å². The van der Waals surface area contributed by atoms with Crippen LogP contribution in [-0.4, -0.2) is 13.4 Å². The van der Waals surface area contributed by atoms with Crippen LogP contribution < -0.4 is 50.3 Å². The highest BCUT2D eigenvalue weighted by molar-refractivity contribution is 7.43. The van der Waals surface area contributed by atoms with E-state index >= 15 is 0 Å². The van der Waals surface area contributed by atoms with Crippen molar-refractivity contribution in [2.45, 2.75) is 0 Å². The Labute approximate surface area is 369 Å². The molecule has 0 saturated carbocycles. The third kappa shape index (κ3) is 4.63. The molecule has 0 amide bonds. The van der Waals surface area contributed by atoms with Gasteiger partial charge in [0.05, 0.1) is 17.1 Å². The smallest absolute Gasteiger partial charge is 0.277 e. The molecule has 0 spiro atoms. The maximum absolute atomic E-state index is 2.59. The van der Waals surface area contributed by atoms with Crippen LogP contribution in [0.4, 0.5) is 68.2 Å². The molecule has 288 valence electrons. The molecule has 4 aliphatic rings. The molecule has 62 heavy (non-hydrogen) atoms. The first-order valence-electron chi connectivity index (χ1n) is 21.3. The zero-order valence-electron chi connectivity index (χ0n) is 33.4. The number of rotatable bonds is 4. The Morgan fingerprint density at radius 3 is 1.24 bits per heavy atom. The van der Waals surface area contributed by atoms with Crippen molar-refractivity contribution >= 4 is 145 Å². The van der Waals surface area contributed by atoms with Crippen molar-refractivity contribution in [1.29, 1.82) is 0 Å². The number of hydrogen-bond donors (Lipinski definition) is 0. The van der Waals surface area contributed by atoms with Crippen LogP contribution in [0.2, 0.25) is 0 Å². The molecule has 4 nitrogen and oxygen atoms in total. The van der Waals surface area contributed by atoms with Gasteiger partial charge in [0.15, 0.2) is 0 Å². The summed E-state index contributed by atoms with van der Waals surface area (Å²) in [5, 5.41) is 1.30. The third-order valence-corrected chi connectivity index (χ3v) is 15.7. The highest BCUT2D eigenvalue weighted by Crippen LogP contribution is 2.53. The van der Waals surface area contributed by atoms with Crippen molar-refractivity contribution in [2.75, 3.05) is 19.6 Å². The molecule has 0 radical (unpaired) electrons. The van der Waals surface area contributed by atoms with Crippen LogP contribution >= 0.6 is 22.7 Å². The monoisotopic (exact) mass is 824 g/mol. The molecule has 0 atom stereocenters. The summed E-state index contributed by atoms with van der Waals surface area (Å²) in [5.41, 5.74) is 18.6. The number of benzene rings is 8. The van der Waals surface area contributed by atoms with E-state index in [9.17, 15) is 0 Å². The van der Waals surface area contributed by atoms with Gasteiger partial charge in [-0.05, 0) is 101 Å². The summed E-state index contributed by atoms with van der Waals surface area (Å²) in [6.45, 7) is 0.0494. The number of thiophene rings is 2. The summed E-state index contributed by atoms with van der Waals surface area (Å²) in [4.78, 5) is 10.2. The van der Waals surface area contributed by atoms with Gasteiger partial charge in [0.25, 0.3) is 13.4 Å². The molecule has 8 heteroatoms. The van der Waals surface area contributed by atoms with Gasteiger partial charge in [-0.1, -0.05) is 121 Å². The topological polar surface area (TPSA) is 13.0 Å². The Bertz CT molecular complexity index is 3410. The molecular weight excluding hydrogens is 790 g/mol. The lowest BCUT2D eigenvalue weighted by Crippen LogP contribution is -2.60. The highest BCUT2D eigenvalue weighted by Gasteiger charge is 2.52. The summed E-state index contributed by atoms with van der Waals surface area (Å²) in [6.07, 6.45) is 0. The fraction of sp³-hybridized carbons (Fsp3) is 0. The van der Waals surface area contributed by atoms with Crippen LogP contribution in [0.1, 0.15) is 0 Å². The quantitative estimate of drug-likeness (QED) is 0.164. The van der Waals surface area contributed by atoms with Crippen molar-refractivity contribution < 1.29 is 0 Å². The normalized spacial score (nSPS) is 13.9. The molecular formula is C54H34B2N4S2. The van der Waals surface area contributed by atoms with Gasteiger partial charge in [0, 0.05) is 75.6 Å². The lowest BCUT2D eigenvalue weighted by atomic mass is 9.36. The maximum atomic E-state index is 2.59. The molecule has 0 saturated heterocycles. The highest BCUT2D eigenvalue weighted by atomic mass is 32.1. The van der Waals surface area contributed by atoms with Crippen LogP contribution in [0, 0.1) is 0 Å². The van der Waals surface area contributed by atoms with E-state index in [2.05, 4.69) is 226 Å². The average molecular weight is 825 g/mol. The van der Waals surface area contributed by atoms with E-state index in [0.29, 0.717) is 0 Å². The zero-order chi connectivity index (χ0) is 40.5. The number of hydrogen-bond acceptors (Lipinski definition) is 6. The van der Waals surface area contributed by atoms with Crippen LogP contribution in [0.5, 0.6) is 0 Å². The lowest BCUT2D eigenvalue weighted by Gasteiger charge is -2.45. The van der Waals surface area contributed by atoms with Gasteiger partial charge in [-0.3, -0.25) is 0 Å². The molecule has 0 aliphatic carbocycles. The largest absolute Gasteiger partial charge is 0.311 e. The Balaban J connectivity index is 1.13. The van der Waals surface area contributed by atoms with E-state index in [1.54, 1.807) is 0 Å². The first-order chi connectivity index (χ1) is 30.8. The molecule has 14 rings (SSSR count). The Hall–Kier alpha value is -7.25. The third-order valence-electron chi connectivity index (χ3n) is 13.2. The molecule has 2 aromatic heterocycles. The summed E-state index contributed by atoms with van der Waals surface area (Å²) in [5.74, 6) is 0. The van der Waals surface area contributed by atoms with E-state index in [4.69, 9.17) is 0 Å². The SMILES string of the molecule is c1ccc(N2c3ccccc3B3c4sc5c(c4N(c4ccccc4)c4cccc2c43)N(c2ccccc2)c2cccc3c2B5c2sc4ccccc4c2N3c2ccccc2)cc1.